The molecule has 1 heterocycles. The number of hydrogen-bond acceptors (Lipinski definition) is 6. The van der Waals surface area contributed by atoms with Crippen molar-refractivity contribution in [3.05, 3.63) is 63.6 Å². The van der Waals surface area contributed by atoms with Crippen molar-refractivity contribution in [1.29, 1.82) is 0 Å². The van der Waals surface area contributed by atoms with Crippen LogP contribution in [0.2, 0.25) is 10.0 Å². The Morgan fingerprint density at radius 3 is 2.42 bits per heavy atom. The summed E-state index contributed by atoms with van der Waals surface area (Å²) >= 11 is 12.5. The SMILES string of the molecule is COCC(C)NCc1ccccc1N1CCN(C(=O)[C@@H](Cc2ccc(Cl)cc2Cl)NC(=O)CN(C)C)CC1. The molecule has 2 aromatic carbocycles. The van der Waals surface area contributed by atoms with Crippen molar-refractivity contribution < 1.29 is 14.3 Å². The Balaban J connectivity index is 1.68. The molecule has 0 spiro atoms. The van der Waals surface area contributed by atoms with Crippen LogP contribution in [-0.2, 0) is 27.3 Å². The molecular formula is C28H39Cl2N5O3. The molecule has 2 atom stereocenters. The molecule has 10 heteroatoms. The fourth-order valence-corrected chi connectivity index (χ4v) is 5.07. The summed E-state index contributed by atoms with van der Waals surface area (Å²) in [7, 11) is 5.34. The van der Waals surface area contributed by atoms with Gasteiger partial charge in [0.05, 0.1) is 13.2 Å². The van der Waals surface area contributed by atoms with Crippen molar-refractivity contribution >= 4 is 40.7 Å². The van der Waals surface area contributed by atoms with Gasteiger partial charge in [0.2, 0.25) is 11.8 Å². The van der Waals surface area contributed by atoms with E-state index >= 15 is 0 Å². The molecule has 0 saturated carbocycles. The quantitative estimate of drug-likeness (QED) is 0.413. The lowest BCUT2D eigenvalue weighted by atomic mass is 10.0. The van der Waals surface area contributed by atoms with Crippen molar-refractivity contribution in [3.63, 3.8) is 0 Å². The van der Waals surface area contributed by atoms with Crippen molar-refractivity contribution in [3.8, 4) is 0 Å². The molecule has 208 valence electrons. The Morgan fingerprint density at radius 2 is 1.76 bits per heavy atom. The molecule has 1 aliphatic rings. The van der Waals surface area contributed by atoms with Gasteiger partial charge in [-0.1, -0.05) is 47.5 Å². The highest BCUT2D eigenvalue weighted by atomic mass is 35.5. The number of amides is 2. The molecule has 8 nitrogen and oxygen atoms in total. The maximum absolute atomic E-state index is 13.6. The second-order valence-electron chi connectivity index (χ2n) is 9.98. The summed E-state index contributed by atoms with van der Waals surface area (Å²) in [6.45, 7) is 6.22. The Morgan fingerprint density at radius 1 is 1.05 bits per heavy atom. The first kappa shape index (κ1) is 30.2. The molecule has 38 heavy (non-hydrogen) atoms. The smallest absolute Gasteiger partial charge is 0.245 e. The standard InChI is InChI=1S/C28H39Cl2N5O3/c1-20(19-38-4)31-17-22-7-5-6-8-26(22)34-11-13-35(14-12-34)28(37)25(32-27(36)18-33(2)3)15-21-9-10-23(29)16-24(21)30/h5-10,16,20,25,31H,11-15,17-19H2,1-4H3,(H,32,36)/t20?,25-/m1/s1. The minimum Gasteiger partial charge on any atom is -0.383 e. The van der Waals surface area contributed by atoms with Crippen molar-refractivity contribution in [2.24, 2.45) is 0 Å². The van der Waals surface area contributed by atoms with E-state index < -0.39 is 6.04 Å². The number of ether oxygens (including phenoxy) is 1. The highest BCUT2D eigenvalue weighted by Gasteiger charge is 2.30. The number of anilines is 1. The van der Waals surface area contributed by atoms with Crippen LogP contribution in [0, 0.1) is 0 Å². The predicted octanol–water partition coefficient (Wildman–Crippen LogP) is 3.06. The molecule has 1 aliphatic heterocycles. The van der Waals surface area contributed by atoms with E-state index in [1.165, 1.54) is 11.3 Å². The average Bonchev–Trinajstić information content (AvgIpc) is 2.88. The van der Waals surface area contributed by atoms with E-state index in [1.54, 1.807) is 30.2 Å². The van der Waals surface area contributed by atoms with Gasteiger partial charge in [-0.15, -0.1) is 0 Å². The van der Waals surface area contributed by atoms with Gasteiger partial charge in [-0.25, -0.2) is 0 Å². The average molecular weight is 565 g/mol. The van der Waals surface area contributed by atoms with Crippen LogP contribution in [0.4, 0.5) is 5.69 Å². The fraction of sp³-hybridized carbons (Fsp3) is 0.500. The van der Waals surface area contributed by atoms with Crippen molar-refractivity contribution in [1.82, 2.24) is 20.4 Å². The topological polar surface area (TPSA) is 77.1 Å². The van der Waals surface area contributed by atoms with Crippen LogP contribution in [0.3, 0.4) is 0 Å². The molecule has 2 amide bonds. The van der Waals surface area contributed by atoms with Gasteiger partial charge in [-0.2, -0.15) is 0 Å². The van der Waals surface area contributed by atoms with Crippen LogP contribution in [0.1, 0.15) is 18.1 Å². The maximum Gasteiger partial charge on any atom is 0.245 e. The summed E-state index contributed by atoms with van der Waals surface area (Å²) in [4.78, 5) is 32.2. The summed E-state index contributed by atoms with van der Waals surface area (Å²) in [6.07, 6.45) is 0.294. The van der Waals surface area contributed by atoms with Gasteiger partial charge in [-0.3, -0.25) is 9.59 Å². The van der Waals surface area contributed by atoms with E-state index in [1.807, 2.05) is 31.1 Å². The molecule has 0 aromatic heterocycles. The Bertz CT molecular complexity index is 1080. The number of methoxy groups -OCH3 is 1. The van der Waals surface area contributed by atoms with Gasteiger partial charge in [-0.05, 0) is 50.3 Å². The van der Waals surface area contributed by atoms with E-state index in [0.29, 0.717) is 49.3 Å². The summed E-state index contributed by atoms with van der Waals surface area (Å²) in [6, 6.07) is 13.1. The number of para-hydroxylation sites is 1. The van der Waals surface area contributed by atoms with Gasteiger partial charge in [0.25, 0.3) is 0 Å². The van der Waals surface area contributed by atoms with Gasteiger partial charge in [0.15, 0.2) is 0 Å². The summed E-state index contributed by atoms with van der Waals surface area (Å²) < 4.78 is 5.23. The fourth-order valence-electron chi connectivity index (χ4n) is 4.58. The minimum absolute atomic E-state index is 0.105. The van der Waals surface area contributed by atoms with E-state index in [4.69, 9.17) is 27.9 Å². The number of likely N-dealkylation sites (N-methyl/N-ethyl adjacent to an activating group) is 1. The van der Waals surface area contributed by atoms with Crippen LogP contribution in [0.25, 0.3) is 0 Å². The first-order valence-electron chi connectivity index (χ1n) is 12.9. The van der Waals surface area contributed by atoms with Crippen LogP contribution in [0.15, 0.2) is 42.5 Å². The number of carbonyl (C=O) groups excluding carboxylic acids is 2. The number of nitrogens with zero attached hydrogens (tertiary/aromatic N) is 3. The van der Waals surface area contributed by atoms with Crippen molar-refractivity contribution in [2.45, 2.75) is 32.0 Å². The van der Waals surface area contributed by atoms with Gasteiger partial charge < -0.3 is 30.1 Å². The highest BCUT2D eigenvalue weighted by molar-refractivity contribution is 6.35. The normalized spacial score (nSPS) is 15.4. The molecule has 0 aliphatic carbocycles. The number of hydrogen-bond donors (Lipinski definition) is 2. The zero-order valence-electron chi connectivity index (χ0n) is 22.7. The lowest BCUT2D eigenvalue weighted by molar-refractivity contribution is -0.136. The largest absolute Gasteiger partial charge is 0.383 e. The lowest BCUT2D eigenvalue weighted by Gasteiger charge is -2.38. The zero-order valence-corrected chi connectivity index (χ0v) is 24.2. The summed E-state index contributed by atoms with van der Waals surface area (Å²) in [5.74, 6) is -0.313. The van der Waals surface area contributed by atoms with E-state index in [9.17, 15) is 9.59 Å². The number of halogens is 2. The van der Waals surface area contributed by atoms with Gasteiger partial charge in [0.1, 0.15) is 6.04 Å². The third kappa shape index (κ3) is 8.85. The van der Waals surface area contributed by atoms with Crippen molar-refractivity contribution in [2.75, 3.05) is 65.4 Å². The van der Waals surface area contributed by atoms with E-state index in [-0.39, 0.29) is 24.4 Å². The first-order chi connectivity index (χ1) is 18.2. The van der Waals surface area contributed by atoms with E-state index in [0.717, 1.165) is 12.1 Å². The molecule has 1 unspecified atom stereocenters. The summed E-state index contributed by atoms with van der Waals surface area (Å²) in [5.41, 5.74) is 3.14. The molecule has 3 rings (SSSR count). The van der Waals surface area contributed by atoms with Crippen LogP contribution in [0.5, 0.6) is 0 Å². The number of rotatable bonds is 12. The second-order valence-corrected chi connectivity index (χ2v) is 10.8. The first-order valence-corrected chi connectivity index (χ1v) is 13.7. The number of carbonyl (C=O) groups is 2. The number of nitrogens with one attached hydrogen (secondary N) is 2. The van der Waals surface area contributed by atoms with E-state index in [2.05, 4.69) is 34.6 Å². The Kier molecular flexibility index (Phi) is 11.7. The van der Waals surface area contributed by atoms with Crippen LogP contribution >= 0.6 is 23.2 Å². The third-order valence-electron chi connectivity index (χ3n) is 6.51. The molecular weight excluding hydrogens is 525 g/mol. The molecule has 0 bridgehead atoms. The number of piperazine rings is 1. The molecule has 2 aromatic rings. The minimum atomic E-state index is -0.716. The molecule has 2 N–H and O–H groups in total. The predicted molar refractivity (Wildman–Crippen MR) is 154 cm³/mol. The summed E-state index contributed by atoms with van der Waals surface area (Å²) in [5, 5.41) is 7.44. The lowest BCUT2D eigenvalue weighted by Crippen LogP contribution is -2.56. The zero-order chi connectivity index (χ0) is 27.7. The second kappa shape index (κ2) is 14.7. The van der Waals surface area contributed by atoms with Crippen LogP contribution in [-0.4, -0.2) is 94.2 Å². The molecule has 1 fully saturated rings. The van der Waals surface area contributed by atoms with Crippen LogP contribution < -0.4 is 15.5 Å². The van der Waals surface area contributed by atoms with Gasteiger partial charge >= 0.3 is 0 Å². The molecule has 0 radical (unpaired) electrons. The number of benzene rings is 2. The monoisotopic (exact) mass is 563 g/mol. The third-order valence-corrected chi connectivity index (χ3v) is 7.10. The maximum atomic E-state index is 13.6. The van der Waals surface area contributed by atoms with Gasteiger partial charge in [0, 0.05) is 68.0 Å². The highest BCUT2D eigenvalue weighted by Crippen LogP contribution is 2.24. The molecule has 1 saturated heterocycles. The Hall–Kier alpha value is -2.36. The Labute approximate surface area is 236 Å².